The maximum Gasteiger partial charge on any atom is 0.177 e. The number of aliphatic hydroxyl groups is 2. The summed E-state index contributed by atoms with van der Waals surface area (Å²) in [7, 11) is 1.89. The summed E-state index contributed by atoms with van der Waals surface area (Å²) in [6.07, 6.45) is 7.21. The molecule has 1 saturated heterocycles. The lowest BCUT2D eigenvalue weighted by Gasteiger charge is -2.23. The van der Waals surface area contributed by atoms with Gasteiger partial charge in [-0.3, -0.25) is 9.58 Å². The van der Waals surface area contributed by atoms with Crippen LogP contribution in [0.3, 0.4) is 0 Å². The molecule has 0 radical (unpaired) electrons. The third-order valence-electron chi connectivity index (χ3n) is 6.77. The molecule has 0 spiro atoms. The average molecular weight is 513 g/mol. The van der Waals surface area contributed by atoms with Crippen molar-refractivity contribution < 1.29 is 9.47 Å². The fourth-order valence-corrected chi connectivity index (χ4v) is 4.58. The van der Waals surface area contributed by atoms with E-state index in [9.17, 15) is 0 Å². The van der Waals surface area contributed by atoms with E-state index < -0.39 is 0 Å². The summed E-state index contributed by atoms with van der Waals surface area (Å²) >= 11 is 0. The van der Waals surface area contributed by atoms with Crippen LogP contribution in [-0.4, -0.2) is 88.7 Å². The zero-order chi connectivity index (χ0) is 25.9. The molecule has 1 N–H and O–H groups in total. The fraction of sp³-hybridized carbons (Fsp3) is 0.333. The van der Waals surface area contributed by atoms with Gasteiger partial charge in [0, 0.05) is 36.8 Å². The number of ether oxygens (including phenoxy) is 2. The van der Waals surface area contributed by atoms with E-state index in [1.807, 2.05) is 37.5 Å². The van der Waals surface area contributed by atoms with E-state index in [1.54, 1.807) is 27.8 Å². The van der Waals surface area contributed by atoms with Crippen molar-refractivity contribution in [3.63, 3.8) is 0 Å². The minimum Gasteiger partial charge on any atom is -0.489 e. The standard InChI is InChI=1S/C27H29N9O2/c1-19(27-32-31-25-7-6-24(33-36(25)27)22-15-30-34(2)18-22)20-4-3-5-21(14-20)26-28-16-23(17-29-26)38-13-10-35-8-11-37-12-9-35/h3-7,14-19H,8-13H2,1-2H3/p+1. The highest BCUT2D eigenvalue weighted by molar-refractivity contribution is 5.59. The zero-order valence-electron chi connectivity index (χ0n) is 21.5. The van der Waals surface area contributed by atoms with Gasteiger partial charge in [0.15, 0.2) is 36.3 Å². The van der Waals surface area contributed by atoms with Crippen molar-refractivity contribution >= 4 is 5.65 Å². The smallest absolute Gasteiger partial charge is 0.177 e. The summed E-state index contributed by atoms with van der Waals surface area (Å²) in [5, 5.41) is 17.9. The lowest BCUT2D eigenvalue weighted by molar-refractivity contribution is -0.0916. The molecule has 5 aromatic rings. The van der Waals surface area contributed by atoms with Gasteiger partial charge in [0.1, 0.15) is 6.61 Å². The van der Waals surface area contributed by atoms with Crippen LogP contribution in [0.2, 0.25) is 0 Å². The maximum atomic E-state index is 5.87. The van der Waals surface area contributed by atoms with Crippen LogP contribution < -0.4 is 4.74 Å². The highest BCUT2D eigenvalue weighted by Gasteiger charge is 2.19. The summed E-state index contributed by atoms with van der Waals surface area (Å²) in [6, 6.07) is 12.0. The van der Waals surface area contributed by atoms with Crippen molar-refractivity contribution in [3.05, 3.63) is 72.6 Å². The molecular weight excluding hydrogens is 482 g/mol. The van der Waals surface area contributed by atoms with Gasteiger partial charge in [-0.1, -0.05) is 25.1 Å². The van der Waals surface area contributed by atoms with E-state index in [2.05, 4.69) is 54.0 Å². The van der Waals surface area contributed by atoms with Crippen LogP contribution in [0.1, 0.15) is 24.2 Å². The van der Waals surface area contributed by atoms with Gasteiger partial charge in [0.2, 0.25) is 0 Å². The predicted molar refractivity (Wildman–Crippen MR) is 142 cm³/mol. The first-order valence-corrected chi connectivity index (χ1v) is 12.8. The molecule has 1 fully saturated rings. The maximum absolute atomic E-state index is 5.87. The predicted octanol–water partition coefficient (Wildman–Crippen LogP) is 2.36. The van der Waals surface area contributed by atoms with E-state index >= 15 is 0 Å². The number of rotatable bonds is 8. The van der Waals surface area contributed by atoms with Gasteiger partial charge in [-0.05, 0) is 23.8 Å². The van der Waals surface area contributed by atoms with Gasteiger partial charge >= 0.3 is 0 Å². The molecule has 1 aliphatic rings. The highest BCUT2D eigenvalue weighted by atomic mass is 16.5. The number of morpholine rings is 1. The molecule has 38 heavy (non-hydrogen) atoms. The average Bonchev–Trinajstić information content (AvgIpc) is 3.59. The number of nitrogens with zero attached hydrogens (tertiary/aromatic N) is 9. The molecule has 11 nitrogen and oxygen atoms in total. The van der Waals surface area contributed by atoms with Crippen molar-refractivity contribution in [3.8, 4) is 28.4 Å². The molecule has 1 aromatic carbocycles. The molecule has 1 unspecified atom stereocenters. The Bertz CT molecular complexity index is 1520. The normalized spacial score (nSPS) is 15.1. The molecule has 1 aliphatic heterocycles. The summed E-state index contributed by atoms with van der Waals surface area (Å²) < 4.78 is 13.8. The second-order valence-electron chi connectivity index (χ2n) is 9.40. The van der Waals surface area contributed by atoms with Gasteiger partial charge in [0.05, 0.1) is 37.4 Å². The number of hydrogen-bond donors (Lipinski definition) is 0. The molecule has 194 valence electrons. The Morgan fingerprint density at radius 3 is 2.63 bits per heavy atom. The van der Waals surface area contributed by atoms with Gasteiger partial charge in [-0.25, -0.2) is 9.97 Å². The Kier molecular flexibility index (Phi) is 6.76. The lowest BCUT2D eigenvalue weighted by atomic mass is 9.98. The number of aryl methyl sites for hydroxylation is 1. The Morgan fingerprint density at radius 2 is 1.84 bits per heavy atom. The summed E-state index contributed by atoms with van der Waals surface area (Å²) in [6.45, 7) is 7.41. The lowest BCUT2D eigenvalue weighted by Crippen LogP contribution is -2.40. The van der Waals surface area contributed by atoms with E-state index in [-0.39, 0.29) is 5.92 Å². The van der Waals surface area contributed by atoms with Crippen LogP contribution in [0, 0.1) is 0 Å². The minimum atomic E-state index is -0.0493. The molecule has 4 aromatic heterocycles. The van der Waals surface area contributed by atoms with Crippen molar-refractivity contribution in [1.82, 2.24) is 44.5 Å². The van der Waals surface area contributed by atoms with E-state index in [0.717, 1.165) is 61.1 Å². The van der Waals surface area contributed by atoms with Crippen LogP contribution >= 0.6 is 0 Å². The van der Waals surface area contributed by atoms with Crippen LogP contribution in [-0.2, 0) is 7.05 Å². The second-order valence-corrected chi connectivity index (χ2v) is 9.40. The monoisotopic (exact) mass is 512 g/mol. The first-order chi connectivity index (χ1) is 18.6. The van der Waals surface area contributed by atoms with Gasteiger partial charge in [0.25, 0.3) is 0 Å². The largest absolute Gasteiger partial charge is 0.489 e. The number of benzene rings is 1. The third kappa shape index (κ3) is 5.11. The van der Waals surface area contributed by atoms with Crippen LogP contribution in [0.15, 0.2) is 61.2 Å². The van der Waals surface area contributed by atoms with E-state index in [0.29, 0.717) is 23.8 Å². The SMILES string of the molecule is CC(c1cccc(-c2ncc(OCCN3CC[OH+]CC3)cn2)c1)c1nnc2ccc(-c3cnn(C)c3)nn12. The fourth-order valence-electron chi connectivity index (χ4n) is 4.58. The first-order valence-electron chi connectivity index (χ1n) is 12.8. The molecule has 6 rings (SSSR count). The minimum absolute atomic E-state index is 0.0493. The van der Waals surface area contributed by atoms with E-state index in [4.69, 9.17) is 9.84 Å². The quantitative estimate of drug-likeness (QED) is 0.291. The Morgan fingerprint density at radius 1 is 1.00 bits per heavy atom. The number of fused-ring (bicyclic) bond motifs is 1. The first kappa shape index (κ1) is 24.1. The molecule has 1 atom stereocenters. The summed E-state index contributed by atoms with van der Waals surface area (Å²) in [4.78, 5) is 11.5. The van der Waals surface area contributed by atoms with Crippen molar-refractivity contribution in [1.29, 1.82) is 0 Å². The molecule has 0 bridgehead atoms. The van der Waals surface area contributed by atoms with Gasteiger partial charge in [-0.2, -0.15) is 14.7 Å². The van der Waals surface area contributed by atoms with Crippen molar-refractivity contribution in [2.24, 2.45) is 7.05 Å². The molecule has 0 aliphatic carbocycles. The van der Waals surface area contributed by atoms with Crippen LogP contribution in [0.5, 0.6) is 5.75 Å². The number of hydrogen-bond acceptors (Lipinski definition) is 8. The van der Waals surface area contributed by atoms with Crippen molar-refractivity contribution in [2.45, 2.75) is 12.8 Å². The Labute approximate surface area is 220 Å². The Balaban J connectivity index is 1.17. The van der Waals surface area contributed by atoms with Crippen LogP contribution in [0.25, 0.3) is 28.3 Å². The zero-order valence-corrected chi connectivity index (χ0v) is 21.5. The summed E-state index contributed by atoms with van der Waals surface area (Å²) in [5.74, 6) is 2.03. The van der Waals surface area contributed by atoms with Crippen LogP contribution in [0.4, 0.5) is 0 Å². The topological polar surface area (TPSA) is 112 Å². The van der Waals surface area contributed by atoms with Gasteiger partial charge < -0.3 is 9.47 Å². The molecule has 5 heterocycles. The molecule has 11 heteroatoms. The van der Waals surface area contributed by atoms with Crippen molar-refractivity contribution in [2.75, 3.05) is 39.5 Å². The number of aromatic nitrogens is 8. The second kappa shape index (κ2) is 10.6. The Hall–Kier alpha value is -4.22. The summed E-state index contributed by atoms with van der Waals surface area (Å²) in [5.41, 5.74) is 4.45. The molecule has 0 amide bonds. The van der Waals surface area contributed by atoms with E-state index in [1.165, 1.54) is 0 Å². The molecule has 0 saturated carbocycles. The van der Waals surface area contributed by atoms with Gasteiger partial charge in [-0.15, -0.1) is 10.2 Å². The third-order valence-corrected chi connectivity index (χ3v) is 6.77. The highest BCUT2D eigenvalue weighted by Crippen LogP contribution is 2.27. The molecular formula is C27H30N9O2+.